The summed E-state index contributed by atoms with van der Waals surface area (Å²) in [6.07, 6.45) is 3.93. The van der Waals surface area contributed by atoms with Crippen molar-refractivity contribution >= 4 is 16.0 Å². The summed E-state index contributed by atoms with van der Waals surface area (Å²) in [7, 11) is -3.31. The number of rotatable bonds is 6. The average Bonchev–Trinajstić information content (AvgIpc) is 2.52. The van der Waals surface area contributed by atoms with Crippen LogP contribution in [0.1, 0.15) is 22.7 Å². The van der Waals surface area contributed by atoms with Crippen molar-refractivity contribution in [3.05, 3.63) is 53.3 Å². The molecule has 0 aliphatic rings. The zero-order chi connectivity index (χ0) is 16.9. The summed E-state index contributed by atoms with van der Waals surface area (Å²) >= 11 is 0. The van der Waals surface area contributed by atoms with Crippen LogP contribution in [0, 0.1) is 18.3 Å². The molecule has 8 heteroatoms. The van der Waals surface area contributed by atoms with E-state index in [1.807, 2.05) is 37.3 Å². The van der Waals surface area contributed by atoms with Crippen molar-refractivity contribution in [1.82, 2.24) is 14.7 Å². The third kappa shape index (κ3) is 5.32. The lowest BCUT2D eigenvalue weighted by Crippen LogP contribution is -2.31. The molecule has 0 saturated heterocycles. The van der Waals surface area contributed by atoms with Crippen molar-refractivity contribution < 1.29 is 8.42 Å². The SMILES string of the molecule is Cc1ccc(C(CNS(C)(=O)=O)Nc2ncc(C#N)cn2)cc1. The summed E-state index contributed by atoms with van der Waals surface area (Å²) in [4.78, 5) is 8.11. The third-order valence-electron chi connectivity index (χ3n) is 3.11. The molecule has 2 N–H and O–H groups in total. The monoisotopic (exact) mass is 331 g/mol. The first kappa shape index (κ1) is 16.9. The molecule has 1 atom stereocenters. The molecule has 0 saturated carbocycles. The fourth-order valence-corrected chi connectivity index (χ4v) is 2.37. The lowest BCUT2D eigenvalue weighted by molar-refractivity contribution is 0.581. The van der Waals surface area contributed by atoms with E-state index in [4.69, 9.17) is 5.26 Å². The van der Waals surface area contributed by atoms with Crippen LogP contribution >= 0.6 is 0 Å². The molecular formula is C15H17N5O2S. The van der Waals surface area contributed by atoms with Crippen molar-refractivity contribution in [1.29, 1.82) is 5.26 Å². The lowest BCUT2D eigenvalue weighted by atomic mass is 10.1. The number of nitrogens with one attached hydrogen (secondary N) is 2. The molecule has 1 heterocycles. The minimum atomic E-state index is -3.31. The topological polar surface area (TPSA) is 108 Å². The second-order valence-electron chi connectivity index (χ2n) is 5.14. The van der Waals surface area contributed by atoms with Crippen LogP contribution in [0.4, 0.5) is 5.95 Å². The number of aromatic nitrogens is 2. The Morgan fingerprint density at radius 3 is 2.35 bits per heavy atom. The summed E-state index contributed by atoms with van der Waals surface area (Å²) in [5, 5.41) is 11.8. The number of nitriles is 1. The van der Waals surface area contributed by atoms with Gasteiger partial charge in [-0.25, -0.2) is 23.1 Å². The number of sulfonamides is 1. The van der Waals surface area contributed by atoms with Gasteiger partial charge >= 0.3 is 0 Å². The standard InChI is InChI=1S/C15H17N5O2S/c1-11-3-5-13(6-4-11)14(10-19-23(2,21)22)20-15-17-8-12(7-16)9-18-15/h3-6,8-9,14,19H,10H2,1-2H3,(H,17,18,20). The van der Waals surface area contributed by atoms with Crippen LogP contribution in [0.3, 0.4) is 0 Å². The van der Waals surface area contributed by atoms with Gasteiger partial charge in [-0.3, -0.25) is 0 Å². The molecule has 120 valence electrons. The molecule has 23 heavy (non-hydrogen) atoms. The zero-order valence-corrected chi connectivity index (χ0v) is 13.6. The molecule has 0 aliphatic heterocycles. The van der Waals surface area contributed by atoms with Crippen molar-refractivity contribution in [3.8, 4) is 6.07 Å². The van der Waals surface area contributed by atoms with E-state index in [1.54, 1.807) is 0 Å². The molecule has 1 unspecified atom stereocenters. The lowest BCUT2D eigenvalue weighted by Gasteiger charge is -2.19. The highest BCUT2D eigenvalue weighted by molar-refractivity contribution is 7.88. The van der Waals surface area contributed by atoms with Crippen LogP contribution in [0.5, 0.6) is 0 Å². The van der Waals surface area contributed by atoms with Gasteiger partial charge in [-0.15, -0.1) is 0 Å². The molecule has 0 aliphatic carbocycles. The first-order chi connectivity index (χ1) is 10.9. The highest BCUT2D eigenvalue weighted by Gasteiger charge is 2.15. The van der Waals surface area contributed by atoms with Crippen molar-refractivity contribution in [2.75, 3.05) is 18.1 Å². The van der Waals surface area contributed by atoms with Crippen LogP contribution in [0.2, 0.25) is 0 Å². The molecule has 7 nitrogen and oxygen atoms in total. The summed E-state index contributed by atoms with van der Waals surface area (Å²) in [5.74, 6) is 0.324. The Labute approximate surface area is 135 Å². The Balaban J connectivity index is 2.21. The Kier molecular flexibility index (Phi) is 5.26. The second kappa shape index (κ2) is 7.17. The number of nitrogens with zero attached hydrogens (tertiary/aromatic N) is 3. The Hall–Kier alpha value is -2.50. The van der Waals surface area contributed by atoms with E-state index in [1.165, 1.54) is 12.4 Å². The molecular weight excluding hydrogens is 314 g/mol. The highest BCUT2D eigenvalue weighted by atomic mass is 32.2. The van der Waals surface area contributed by atoms with E-state index in [9.17, 15) is 8.42 Å². The first-order valence-electron chi connectivity index (χ1n) is 6.87. The van der Waals surface area contributed by atoms with Gasteiger partial charge in [0.15, 0.2) is 0 Å². The molecule has 0 amide bonds. The van der Waals surface area contributed by atoms with Gasteiger partial charge in [-0.1, -0.05) is 29.8 Å². The fourth-order valence-electron chi connectivity index (χ4n) is 1.90. The van der Waals surface area contributed by atoms with E-state index in [2.05, 4.69) is 20.0 Å². The largest absolute Gasteiger partial charge is 0.346 e. The van der Waals surface area contributed by atoms with Crippen LogP contribution in [0.15, 0.2) is 36.7 Å². The van der Waals surface area contributed by atoms with Gasteiger partial charge in [-0.2, -0.15) is 5.26 Å². The van der Waals surface area contributed by atoms with Gasteiger partial charge in [0, 0.05) is 6.54 Å². The maximum atomic E-state index is 11.4. The maximum Gasteiger partial charge on any atom is 0.223 e. The number of hydrogen-bond acceptors (Lipinski definition) is 6. The zero-order valence-electron chi connectivity index (χ0n) is 12.8. The van der Waals surface area contributed by atoms with E-state index < -0.39 is 10.0 Å². The third-order valence-corrected chi connectivity index (χ3v) is 3.80. The molecule has 0 spiro atoms. The highest BCUT2D eigenvalue weighted by Crippen LogP contribution is 2.17. The van der Waals surface area contributed by atoms with Crippen molar-refractivity contribution in [2.24, 2.45) is 0 Å². The quantitative estimate of drug-likeness (QED) is 0.827. The van der Waals surface area contributed by atoms with Crippen molar-refractivity contribution in [2.45, 2.75) is 13.0 Å². The summed E-state index contributed by atoms with van der Waals surface area (Å²) in [6, 6.07) is 9.34. The predicted octanol–water partition coefficient (Wildman–Crippen LogP) is 1.36. The number of benzene rings is 1. The van der Waals surface area contributed by atoms with Gasteiger partial charge in [0.1, 0.15) is 6.07 Å². The molecule has 2 rings (SSSR count). The molecule has 1 aromatic heterocycles. The Morgan fingerprint density at radius 2 is 1.83 bits per heavy atom. The number of hydrogen-bond donors (Lipinski definition) is 2. The molecule has 0 fully saturated rings. The van der Waals surface area contributed by atoms with Crippen molar-refractivity contribution in [3.63, 3.8) is 0 Å². The fraction of sp³-hybridized carbons (Fsp3) is 0.267. The van der Waals surface area contributed by atoms with Crippen LogP contribution < -0.4 is 10.0 Å². The van der Waals surface area contributed by atoms with Crippen LogP contribution in [0.25, 0.3) is 0 Å². The van der Waals surface area contributed by atoms with Gasteiger partial charge in [-0.05, 0) is 12.5 Å². The van der Waals surface area contributed by atoms with Crippen LogP contribution in [-0.4, -0.2) is 31.2 Å². The Bertz CT molecular complexity index is 795. The molecule has 2 aromatic rings. The van der Waals surface area contributed by atoms with Gasteiger partial charge in [0.2, 0.25) is 16.0 Å². The van der Waals surface area contributed by atoms with Gasteiger partial charge in [0.25, 0.3) is 0 Å². The summed E-state index contributed by atoms with van der Waals surface area (Å²) < 4.78 is 25.2. The van der Waals surface area contributed by atoms with Gasteiger partial charge < -0.3 is 5.32 Å². The normalized spacial score (nSPS) is 12.4. The van der Waals surface area contributed by atoms with Crippen LogP contribution in [-0.2, 0) is 10.0 Å². The second-order valence-corrected chi connectivity index (χ2v) is 6.97. The maximum absolute atomic E-state index is 11.4. The van der Waals surface area contributed by atoms with E-state index in [0.717, 1.165) is 17.4 Å². The molecule has 0 radical (unpaired) electrons. The van der Waals surface area contributed by atoms with E-state index in [0.29, 0.717) is 11.5 Å². The molecule has 1 aromatic carbocycles. The minimum absolute atomic E-state index is 0.158. The smallest absolute Gasteiger partial charge is 0.223 e. The Morgan fingerprint density at radius 1 is 1.22 bits per heavy atom. The first-order valence-corrected chi connectivity index (χ1v) is 8.76. The molecule has 0 bridgehead atoms. The predicted molar refractivity (Wildman–Crippen MR) is 87.1 cm³/mol. The average molecular weight is 331 g/mol. The minimum Gasteiger partial charge on any atom is -0.346 e. The van der Waals surface area contributed by atoms with E-state index >= 15 is 0 Å². The van der Waals surface area contributed by atoms with E-state index in [-0.39, 0.29) is 12.6 Å². The summed E-state index contributed by atoms with van der Waals surface area (Å²) in [6.45, 7) is 2.13. The summed E-state index contributed by atoms with van der Waals surface area (Å²) in [5.41, 5.74) is 2.37. The number of anilines is 1. The number of aryl methyl sites for hydroxylation is 1. The van der Waals surface area contributed by atoms with Gasteiger partial charge in [0.05, 0.1) is 30.3 Å².